The second-order valence-electron chi connectivity index (χ2n) is 8.80. The summed E-state index contributed by atoms with van der Waals surface area (Å²) in [6.45, 7) is 3.95. The Bertz CT molecular complexity index is 1290. The SMILES string of the molecule is Cc1nn(C)c2cc(C3=NCC(C4CCN(C(=O)CCC(=O)c5ccccc5)C4)=N3)ccc12. The van der Waals surface area contributed by atoms with E-state index in [1.807, 2.05) is 41.8 Å². The minimum atomic E-state index is 0.0125. The number of hydrogen-bond acceptors (Lipinski definition) is 5. The number of carbonyl (C=O) groups is 2. The van der Waals surface area contributed by atoms with Crippen LogP contribution in [0.4, 0.5) is 0 Å². The minimum absolute atomic E-state index is 0.0125. The van der Waals surface area contributed by atoms with Gasteiger partial charge in [-0.25, -0.2) is 4.99 Å². The van der Waals surface area contributed by atoms with E-state index in [1.165, 1.54) is 0 Å². The number of fused-ring (bicyclic) bond motifs is 1. The average molecular weight is 442 g/mol. The summed E-state index contributed by atoms with van der Waals surface area (Å²) < 4.78 is 1.89. The third-order valence-corrected chi connectivity index (χ3v) is 6.61. The van der Waals surface area contributed by atoms with Crippen LogP contribution in [0, 0.1) is 12.8 Å². The van der Waals surface area contributed by atoms with Crippen LogP contribution in [-0.2, 0) is 11.8 Å². The number of Topliss-reactive ketones (excluding diaryl/α,β-unsaturated/α-hetero) is 1. The molecule has 2 aromatic carbocycles. The largest absolute Gasteiger partial charge is 0.342 e. The van der Waals surface area contributed by atoms with E-state index in [2.05, 4.69) is 28.3 Å². The van der Waals surface area contributed by atoms with Gasteiger partial charge in [-0.2, -0.15) is 5.10 Å². The molecule has 7 nitrogen and oxygen atoms in total. The topological polar surface area (TPSA) is 79.9 Å². The predicted molar refractivity (Wildman–Crippen MR) is 129 cm³/mol. The van der Waals surface area contributed by atoms with Gasteiger partial charge in [0.25, 0.3) is 0 Å². The molecule has 1 atom stereocenters. The number of carbonyl (C=O) groups excluding carboxylic acids is 2. The van der Waals surface area contributed by atoms with Gasteiger partial charge < -0.3 is 4.90 Å². The van der Waals surface area contributed by atoms with Crippen molar-refractivity contribution >= 4 is 34.1 Å². The maximum absolute atomic E-state index is 12.7. The zero-order chi connectivity index (χ0) is 22.9. The first-order valence-corrected chi connectivity index (χ1v) is 11.4. The monoisotopic (exact) mass is 441 g/mol. The summed E-state index contributed by atoms with van der Waals surface area (Å²) in [5, 5.41) is 5.62. The van der Waals surface area contributed by atoms with Gasteiger partial charge in [0, 0.05) is 61.1 Å². The Morgan fingerprint density at radius 2 is 1.91 bits per heavy atom. The number of amidine groups is 1. The maximum atomic E-state index is 12.7. The van der Waals surface area contributed by atoms with Gasteiger partial charge in [-0.1, -0.05) is 42.5 Å². The number of nitrogens with zero attached hydrogens (tertiary/aromatic N) is 5. The minimum Gasteiger partial charge on any atom is -0.342 e. The highest BCUT2D eigenvalue weighted by atomic mass is 16.2. The molecule has 168 valence electrons. The first-order chi connectivity index (χ1) is 16.0. The molecule has 5 rings (SSSR count). The number of likely N-dealkylation sites (tertiary alicyclic amines) is 1. The van der Waals surface area contributed by atoms with Crippen LogP contribution < -0.4 is 0 Å². The van der Waals surface area contributed by atoms with Crippen molar-refractivity contribution in [2.24, 2.45) is 23.0 Å². The van der Waals surface area contributed by atoms with Crippen molar-refractivity contribution in [1.29, 1.82) is 0 Å². The van der Waals surface area contributed by atoms with Gasteiger partial charge in [-0.3, -0.25) is 19.3 Å². The molecule has 33 heavy (non-hydrogen) atoms. The Hall–Kier alpha value is -3.61. The molecule has 1 unspecified atom stereocenters. The lowest BCUT2D eigenvalue weighted by Crippen LogP contribution is -2.30. The summed E-state index contributed by atoms with van der Waals surface area (Å²) in [7, 11) is 1.95. The number of hydrogen-bond donors (Lipinski definition) is 0. The lowest BCUT2D eigenvalue weighted by Gasteiger charge is -2.16. The van der Waals surface area contributed by atoms with Crippen LogP contribution in [0.1, 0.15) is 40.9 Å². The van der Waals surface area contributed by atoms with Crippen LogP contribution in [0.2, 0.25) is 0 Å². The van der Waals surface area contributed by atoms with Crippen LogP contribution in [-0.4, -0.2) is 57.6 Å². The summed E-state index contributed by atoms with van der Waals surface area (Å²) in [5.74, 6) is 1.03. The standard InChI is InChI=1S/C26H27N5O2/c1-17-21-9-8-19(14-23(21)30(2)29-17)26-27-15-22(28-26)20-12-13-31(16-20)25(33)11-10-24(32)18-6-4-3-5-7-18/h3-9,14,20H,10-13,15-16H2,1-2H3. The Balaban J connectivity index is 1.20. The number of amides is 1. The van der Waals surface area contributed by atoms with Gasteiger partial charge in [0.1, 0.15) is 0 Å². The van der Waals surface area contributed by atoms with Gasteiger partial charge in [0.05, 0.1) is 17.8 Å². The molecule has 7 heteroatoms. The van der Waals surface area contributed by atoms with Crippen molar-refractivity contribution in [2.45, 2.75) is 26.2 Å². The van der Waals surface area contributed by atoms with Crippen molar-refractivity contribution in [2.75, 3.05) is 19.6 Å². The molecule has 1 amide bonds. The summed E-state index contributed by atoms with van der Waals surface area (Å²) >= 11 is 0. The Morgan fingerprint density at radius 3 is 2.73 bits per heavy atom. The van der Waals surface area contributed by atoms with Gasteiger partial charge in [0.2, 0.25) is 5.91 Å². The predicted octanol–water partition coefficient (Wildman–Crippen LogP) is 3.59. The normalized spacial score (nSPS) is 18.0. The molecule has 2 aliphatic rings. The summed E-state index contributed by atoms with van der Waals surface area (Å²) in [6, 6.07) is 15.4. The van der Waals surface area contributed by atoms with Gasteiger partial charge >= 0.3 is 0 Å². The molecule has 3 aromatic rings. The molecule has 3 heterocycles. The number of aryl methyl sites for hydroxylation is 2. The van der Waals surface area contributed by atoms with E-state index in [4.69, 9.17) is 4.99 Å². The fraction of sp³-hybridized carbons (Fsp3) is 0.346. The summed E-state index contributed by atoms with van der Waals surface area (Å²) in [4.78, 5) is 36.4. The van der Waals surface area contributed by atoms with E-state index in [0.29, 0.717) is 25.2 Å². The quantitative estimate of drug-likeness (QED) is 0.548. The summed E-state index contributed by atoms with van der Waals surface area (Å²) in [6.07, 6.45) is 1.38. The average Bonchev–Trinajstić information content (AvgIpc) is 3.57. The first kappa shape index (κ1) is 21.2. The lowest BCUT2D eigenvalue weighted by molar-refractivity contribution is -0.130. The number of rotatable bonds is 6. The van der Waals surface area contributed by atoms with Gasteiger partial charge in [-0.15, -0.1) is 0 Å². The maximum Gasteiger partial charge on any atom is 0.223 e. The van der Waals surface area contributed by atoms with E-state index in [0.717, 1.165) is 40.1 Å². The zero-order valence-electron chi connectivity index (χ0n) is 19.0. The molecule has 0 saturated carbocycles. The lowest BCUT2D eigenvalue weighted by atomic mass is 10.0. The van der Waals surface area contributed by atoms with E-state index < -0.39 is 0 Å². The van der Waals surface area contributed by atoms with Crippen molar-refractivity contribution < 1.29 is 9.59 Å². The molecule has 0 aliphatic carbocycles. The fourth-order valence-electron chi connectivity index (χ4n) is 4.72. The highest BCUT2D eigenvalue weighted by Crippen LogP contribution is 2.24. The summed E-state index contributed by atoms with van der Waals surface area (Å²) in [5.41, 5.74) is 4.78. The molecule has 1 saturated heterocycles. The Morgan fingerprint density at radius 1 is 1.09 bits per heavy atom. The molecule has 2 aliphatic heterocycles. The molecule has 0 bridgehead atoms. The van der Waals surface area contributed by atoms with Crippen LogP contribution in [0.15, 0.2) is 58.5 Å². The number of benzene rings is 2. The molecular weight excluding hydrogens is 414 g/mol. The van der Waals surface area contributed by atoms with E-state index in [9.17, 15) is 9.59 Å². The third kappa shape index (κ3) is 4.23. The van der Waals surface area contributed by atoms with Crippen molar-refractivity contribution in [3.05, 3.63) is 65.4 Å². The van der Waals surface area contributed by atoms with Crippen LogP contribution >= 0.6 is 0 Å². The van der Waals surface area contributed by atoms with Crippen molar-refractivity contribution in [3.8, 4) is 0 Å². The number of ketones is 1. The number of aliphatic imine (C=N–C) groups is 2. The first-order valence-electron chi connectivity index (χ1n) is 11.4. The van der Waals surface area contributed by atoms with E-state index in [1.54, 1.807) is 12.1 Å². The smallest absolute Gasteiger partial charge is 0.223 e. The second kappa shape index (κ2) is 8.73. The van der Waals surface area contributed by atoms with Gasteiger partial charge in [-0.05, 0) is 19.4 Å². The molecule has 0 radical (unpaired) electrons. The molecule has 0 N–H and O–H groups in total. The molecular formula is C26H27N5O2. The molecule has 1 aromatic heterocycles. The Labute approximate surface area is 192 Å². The highest BCUT2D eigenvalue weighted by molar-refractivity contribution is 6.13. The second-order valence-corrected chi connectivity index (χ2v) is 8.80. The molecule has 0 spiro atoms. The van der Waals surface area contributed by atoms with Gasteiger partial charge in [0.15, 0.2) is 11.6 Å². The number of aromatic nitrogens is 2. The van der Waals surface area contributed by atoms with Crippen molar-refractivity contribution in [3.63, 3.8) is 0 Å². The van der Waals surface area contributed by atoms with Crippen molar-refractivity contribution in [1.82, 2.24) is 14.7 Å². The van der Waals surface area contributed by atoms with Crippen LogP contribution in [0.5, 0.6) is 0 Å². The third-order valence-electron chi connectivity index (χ3n) is 6.61. The van der Waals surface area contributed by atoms with E-state index >= 15 is 0 Å². The van der Waals surface area contributed by atoms with E-state index in [-0.39, 0.29) is 30.4 Å². The fourth-order valence-corrected chi connectivity index (χ4v) is 4.72. The zero-order valence-corrected chi connectivity index (χ0v) is 19.0. The van der Waals surface area contributed by atoms with Crippen LogP contribution in [0.3, 0.4) is 0 Å². The highest BCUT2D eigenvalue weighted by Gasteiger charge is 2.31. The van der Waals surface area contributed by atoms with Crippen LogP contribution in [0.25, 0.3) is 10.9 Å². The molecule has 1 fully saturated rings. The Kier molecular flexibility index (Phi) is 5.62.